The first-order valence-electron chi connectivity index (χ1n) is 29.1. The number of hydrogen-bond acceptors (Lipinski definition) is 5. The second-order valence-corrected chi connectivity index (χ2v) is 20.1. The Hall–Kier alpha value is -1.10. The molecule has 1 atom stereocenters. The van der Waals surface area contributed by atoms with Gasteiger partial charge in [0, 0.05) is 12.8 Å². The number of aliphatic hydroxyl groups is 1. The molecule has 63 heavy (non-hydrogen) atoms. The van der Waals surface area contributed by atoms with E-state index in [1.54, 1.807) is 0 Å². The van der Waals surface area contributed by atoms with Gasteiger partial charge in [0.15, 0.2) is 6.10 Å². The molecule has 1 N–H and O–H groups in total. The number of carbonyl (C=O) groups is 2. The maximum Gasteiger partial charge on any atom is 0.306 e. The molecule has 0 amide bonds. The average molecular weight is 892 g/mol. The highest BCUT2D eigenvalue weighted by Gasteiger charge is 2.16. The van der Waals surface area contributed by atoms with Crippen molar-refractivity contribution in [1.29, 1.82) is 0 Å². The molecule has 5 heteroatoms. The molecule has 0 fully saturated rings. The second kappa shape index (κ2) is 55.2. The molecule has 0 rings (SSSR count). The first kappa shape index (κ1) is 61.9. The summed E-state index contributed by atoms with van der Waals surface area (Å²) in [5, 5.41) is 9.65. The molecule has 0 bridgehead atoms. The predicted octanol–water partition coefficient (Wildman–Crippen LogP) is 19.4. The molecule has 0 saturated heterocycles. The van der Waals surface area contributed by atoms with Gasteiger partial charge in [0.05, 0.1) is 6.61 Å². The smallest absolute Gasteiger partial charge is 0.306 e. The summed E-state index contributed by atoms with van der Waals surface area (Å²) in [5.74, 6) is -0.563. The molecule has 0 aliphatic heterocycles. The molecule has 0 saturated carbocycles. The fourth-order valence-corrected chi connectivity index (χ4v) is 9.27. The molecule has 0 heterocycles. The predicted molar refractivity (Wildman–Crippen MR) is 275 cm³/mol. The Labute approximate surface area is 395 Å². The van der Waals surface area contributed by atoms with Crippen molar-refractivity contribution < 1.29 is 24.2 Å². The Balaban J connectivity index is 3.38. The molecular weight excluding hydrogens is 777 g/mol. The van der Waals surface area contributed by atoms with Crippen molar-refractivity contribution >= 4 is 11.9 Å². The Bertz CT molecular complexity index is 875. The summed E-state index contributed by atoms with van der Waals surface area (Å²) in [7, 11) is 0. The fraction of sp³-hybridized carbons (Fsp3) is 0.966. The van der Waals surface area contributed by atoms with Crippen LogP contribution in [0.5, 0.6) is 0 Å². The molecule has 0 aromatic heterocycles. The van der Waals surface area contributed by atoms with Gasteiger partial charge >= 0.3 is 11.9 Å². The van der Waals surface area contributed by atoms with Gasteiger partial charge in [0.25, 0.3) is 0 Å². The molecule has 0 radical (unpaired) electrons. The second-order valence-electron chi connectivity index (χ2n) is 20.1. The highest BCUT2D eigenvalue weighted by Crippen LogP contribution is 2.18. The molecule has 0 aliphatic carbocycles. The number of unbranched alkanes of at least 4 members (excludes halogenated alkanes) is 47. The number of esters is 2. The highest BCUT2D eigenvalue weighted by atomic mass is 16.6. The maximum atomic E-state index is 12.3. The minimum absolute atomic E-state index is 0.0557. The highest BCUT2D eigenvalue weighted by molar-refractivity contribution is 5.70. The van der Waals surface area contributed by atoms with Gasteiger partial charge in [0.2, 0.25) is 0 Å². The van der Waals surface area contributed by atoms with Gasteiger partial charge in [-0.1, -0.05) is 316 Å². The molecule has 376 valence electrons. The maximum absolute atomic E-state index is 12.3. The van der Waals surface area contributed by atoms with Crippen molar-refractivity contribution in [3.8, 4) is 0 Å². The number of hydrogen-bond donors (Lipinski definition) is 1. The van der Waals surface area contributed by atoms with Gasteiger partial charge < -0.3 is 14.6 Å². The van der Waals surface area contributed by atoms with Gasteiger partial charge in [-0.05, 0) is 12.8 Å². The summed E-state index contributed by atoms with van der Waals surface area (Å²) in [4.78, 5) is 24.5. The van der Waals surface area contributed by atoms with Crippen LogP contribution in [0.2, 0.25) is 0 Å². The quantitative estimate of drug-likeness (QED) is 0.0486. The van der Waals surface area contributed by atoms with Gasteiger partial charge in [-0.3, -0.25) is 9.59 Å². The van der Waals surface area contributed by atoms with Gasteiger partial charge in [-0.2, -0.15) is 0 Å². The number of aliphatic hydroxyl groups excluding tert-OH is 1. The standard InChI is InChI=1S/C58H114O5/c1-3-5-7-9-11-13-15-17-19-21-23-25-26-27-28-29-30-31-33-35-37-39-41-43-45-47-49-51-53-58(61)63-56(54-59)55-62-57(60)52-50-48-46-44-42-40-38-36-34-32-24-22-20-18-16-14-12-10-8-6-4-2/h56,59H,3-55H2,1-2H3. The third-order valence-electron chi connectivity index (χ3n) is 13.7. The largest absolute Gasteiger partial charge is 0.462 e. The van der Waals surface area contributed by atoms with E-state index in [1.165, 1.54) is 283 Å². The molecular formula is C58H114O5. The zero-order valence-electron chi connectivity index (χ0n) is 43.1. The van der Waals surface area contributed by atoms with E-state index in [2.05, 4.69) is 13.8 Å². The molecule has 0 spiro atoms. The van der Waals surface area contributed by atoms with Crippen LogP contribution in [0.15, 0.2) is 0 Å². The van der Waals surface area contributed by atoms with Crippen LogP contribution >= 0.6 is 0 Å². The third kappa shape index (κ3) is 53.4. The summed E-state index contributed by atoms with van der Waals surface area (Å²) in [6, 6.07) is 0. The van der Waals surface area contributed by atoms with E-state index in [0.29, 0.717) is 12.8 Å². The SMILES string of the molecule is CCCCCCCCCCCCCCCCCCCCCCCCCCCCCCC(=O)OC(CO)COC(=O)CCCCCCCCCCCCCCCCCCCCCCC. The van der Waals surface area contributed by atoms with Crippen LogP contribution in [0.1, 0.15) is 341 Å². The van der Waals surface area contributed by atoms with Crippen molar-refractivity contribution in [2.45, 2.75) is 347 Å². The normalized spacial score (nSPS) is 12.0. The summed E-state index contributed by atoms with van der Waals surface area (Å²) >= 11 is 0. The van der Waals surface area contributed by atoms with Crippen LogP contribution in [-0.4, -0.2) is 36.4 Å². The molecule has 5 nitrogen and oxygen atoms in total. The summed E-state index contributed by atoms with van der Waals surface area (Å²) in [5.41, 5.74) is 0. The van der Waals surface area contributed by atoms with E-state index >= 15 is 0 Å². The number of rotatable bonds is 55. The zero-order valence-corrected chi connectivity index (χ0v) is 43.1. The van der Waals surface area contributed by atoms with Gasteiger partial charge in [-0.25, -0.2) is 0 Å². The third-order valence-corrected chi connectivity index (χ3v) is 13.7. The van der Waals surface area contributed by atoms with Crippen molar-refractivity contribution in [2.24, 2.45) is 0 Å². The topological polar surface area (TPSA) is 72.8 Å². The van der Waals surface area contributed by atoms with E-state index in [9.17, 15) is 14.7 Å². The van der Waals surface area contributed by atoms with Crippen molar-refractivity contribution in [1.82, 2.24) is 0 Å². The minimum Gasteiger partial charge on any atom is -0.462 e. The Morgan fingerprint density at radius 1 is 0.302 bits per heavy atom. The number of carbonyl (C=O) groups excluding carboxylic acids is 2. The van der Waals surface area contributed by atoms with E-state index in [0.717, 1.165) is 32.1 Å². The van der Waals surface area contributed by atoms with Crippen molar-refractivity contribution in [3.63, 3.8) is 0 Å². The van der Waals surface area contributed by atoms with Crippen molar-refractivity contribution in [2.75, 3.05) is 13.2 Å². The Morgan fingerprint density at radius 2 is 0.492 bits per heavy atom. The Morgan fingerprint density at radius 3 is 0.698 bits per heavy atom. The fourth-order valence-electron chi connectivity index (χ4n) is 9.27. The zero-order chi connectivity index (χ0) is 45.6. The monoisotopic (exact) mass is 891 g/mol. The van der Waals surface area contributed by atoms with Crippen LogP contribution in [0.25, 0.3) is 0 Å². The molecule has 0 aromatic rings. The summed E-state index contributed by atoms with van der Waals surface area (Å²) in [6.07, 6.45) is 66.6. The minimum atomic E-state index is -0.764. The van der Waals surface area contributed by atoms with Crippen LogP contribution in [0.4, 0.5) is 0 Å². The van der Waals surface area contributed by atoms with Crippen molar-refractivity contribution in [3.05, 3.63) is 0 Å². The lowest BCUT2D eigenvalue weighted by Gasteiger charge is -2.15. The van der Waals surface area contributed by atoms with E-state index < -0.39 is 6.10 Å². The molecule has 0 aliphatic rings. The van der Waals surface area contributed by atoms with E-state index in [1.807, 2.05) is 0 Å². The molecule has 1 unspecified atom stereocenters. The van der Waals surface area contributed by atoms with E-state index in [4.69, 9.17) is 9.47 Å². The lowest BCUT2D eigenvalue weighted by molar-refractivity contribution is -0.161. The van der Waals surface area contributed by atoms with Crippen LogP contribution in [0, 0.1) is 0 Å². The number of ether oxygens (including phenoxy) is 2. The summed E-state index contributed by atoms with van der Waals surface area (Å²) in [6.45, 7) is 4.21. The first-order chi connectivity index (χ1) is 31.1. The lowest BCUT2D eigenvalue weighted by atomic mass is 10.0. The molecule has 0 aromatic carbocycles. The van der Waals surface area contributed by atoms with Crippen LogP contribution in [0.3, 0.4) is 0 Å². The average Bonchev–Trinajstić information content (AvgIpc) is 3.29. The lowest BCUT2D eigenvalue weighted by Crippen LogP contribution is -2.28. The van der Waals surface area contributed by atoms with Crippen LogP contribution in [-0.2, 0) is 19.1 Å². The van der Waals surface area contributed by atoms with Gasteiger partial charge in [0.1, 0.15) is 6.61 Å². The van der Waals surface area contributed by atoms with Gasteiger partial charge in [-0.15, -0.1) is 0 Å². The Kier molecular flexibility index (Phi) is 54.3. The van der Waals surface area contributed by atoms with E-state index in [-0.39, 0.29) is 25.2 Å². The van der Waals surface area contributed by atoms with Crippen LogP contribution < -0.4 is 0 Å². The first-order valence-corrected chi connectivity index (χ1v) is 29.1. The summed E-state index contributed by atoms with van der Waals surface area (Å²) < 4.78 is 10.7.